The molecular formula is C18H20BrNS. The molecule has 3 heteroatoms. The second-order valence-corrected chi connectivity index (χ2v) is 7.75. The summed E-state index contributed by atoms with van der Waals surface area (Å²) in [5, 5.41) is 3.56. The molecule has 0 aliphatic heterocycles. The van der Waals surface area contributed by atoms with Crippen molar-refractivity contribution in [3.63, 3.8) is 0 Å². The number of rotatable bonds is 5. The van der Waals surface area contributed by atoms with Crippen molar-refractivity contribution >= 4 is 27.7 Å². The Kier molecular flexibility index (Phi) is 4.72. The van der Waals surface area contributed by atoms with Gasteiger partial charge in [-0.1, -0.05) is 45.9 Å². The topological polar surface area (TPSA) is 12.0 Å². The van der Waals surface area contributed by atoms with Gasteiger partial charge in [0.1, 0.15) is 0 Å². The number of hydrogen-bond acceptors (Lipinski definition) is 2. The number of aryl methyl sites for hydroxylation is 2. The van der Waals surface area contributed by atoms with Gasteiger partial charge in [-0.3, -0.25) is 0 Å². The van der Waals surface area contributed by atoms with Gasteiger partial charge >= 0.3 is 0 Å². The highest BCUT2D eigenvalue weighted by Crippen LogP contribution is 2.33. The molecule has 110 valence electrons. The minimum absolute atomic E-state index is 0.751. The van der Waals surface area contributed by atoms with E-state index in [2.05, 4.69) is 71.5 Å². The molecule has 3 rings (SSSR count). The van der Waals surface area contributed by atoms with Crippen molar-refractivity contribution < 1.29 is 0 Å². The van der Waals surface area contributed by atoms with Crippen molar-refractivity contribution in [2.75, 3.05) is 0 Å². The molecule has 2 aromatic rings. The monoisotopic (exact) mass is 361 g/mol. The first-order valence-corrected chi connectivity index (χ1v) is 9.00. The summed E-state index contributed by atoms with van der Waals surface area (Å²) in [4.78, 5) is 2.62. The third kappa shape index (κ3) is 4.12. The molecule has 1 nitrogen and oxygen atoms in total. The largest absolute Gasteiger partial charge is 0.310 e. The van der Waals surface area contributed by atoms with E-state index in [0.717, 1.165) is 12.6 Å². The summed E-state index contributed by atoms with van der Waals surface area (Å²) >= 11 is 5.55. The van der Waals surface area contributed by atoms with E-state index in [9.17, 15) is 0 Å². The Morgan fingerprint density at radius 3 is 2.67 bits per heavy atom. The summed E-state index contributed by atoms with van der Waals surface area (Å²) in [6.07, 6.45) is 2.66. The van der Waals surface area contributed by atoms with Gasteiger partial charge in [0.2, 0.25) is 0 Å². The normalized spacial score (nSPS) is 14.4. The Labute approximate surface area is 139 Å². The van der Waals surface area contributed by atoms with Crippen LogP contribution in [0, 0.1) is 13.8 Å². The number of benzene rings is 2. The van der Waals surface area contributed by atoms with Crippen LogP contribution in [-0.2, 0) is 6.54 Å². The van der Waals surface area contributed by atoms with Gasteiger partial charge in [0.15, 0.2) is 0 Å². The zero-order valence-corrected chi connectivity index (χ0v) is 14.9. The fourth-order valence-corrected chi connectivity index (χ4v) is 3.93. The van der Waals surface area contributed by atoms with Gasteiger partial charge in [0, 0.05) is 26.9 Å². The van der Waals surface area contributed by atoms with Crippen LogP contribution in [0.2, 0.25) is 0 Å². The first-order valence-electron chi connectivity index (χ1n) is 7.39. The quantitative estimate of drug-likeness (QED) is 0.757. The maximum Gasteiger partial charge on any atom is 0.0231 e. The number of nitrogens with one attached hydrogen (secondary N) is 1. The van der Waals surface area contributed by atoms with Crippen LogP contribution in [0.4, 0.5) is 0 Å². The summed E-state index contributed by atoms with van der Waals surface area (Å²) in [6.45, 7) is 5.27. The third-order valence-electron chi connectivity index (χ3n) is 3.75. The van der Waals surface area contributed by atoms with E-state index in [-0.39, 0.29) is 0 Å². The SMILES string of the molecule is Cc1ccc(C)c(Sc2ccc(CNC3CC3)c(Br)c2)c1. The van der Waals surface area contributed by atoms with E-state index in [1.54, 1.807) is 0 Å². The van der Waals surface area contributed by atoms with Crippen molar-refractivity contribution in [2.24, 2.45) is 0 Å². The van der Waals surface area contributed by atoms with Crippen molar-refractivity contribution in [1.82, 2.24) is 5.32 Å². The summed E-state index contributed by atoms with van der Waals surface area (Å²) in [6, 6.07) is 14.1. The molecule has 1 N–H and O–H groups in total. The molecule has 0 aromatic heterocycles. The molecule has 0 heterocycles. The summed E-state index contributed by atoms with van der Waals surface area (Å²) in [7, 11) is 0. The summed E-state index contributed by atoms with van der Waals surface area (Å²) in [5.41, 5.74) is 3.99. The molecule has 2 aromatic carbocycles. The van der Waals surface area contributed by atoms with E-state index in [4.69, 9.17) is 0 Å². The molecule has 1 saturated carbocycles. The van der Waals surface area contributed by atoms with Gasteiger partial charge in [-0.25, -0.2) is 0 Å². The lowest BCUT2D eigenvalue weighted by molar-refractivity contribution is 0.685. The molecule has 0 bridgehead atoms. The Morgan fingerprint density at radius 2 is 1.95 bits per heavy atom. The predicted octanol–water partition coefficient (Wildman–Crippen LogP) is 5.47. The maximum absolute atomic E-state index is 3.71. The van der Waals surface area contributed by atoms with Gasteiger partial charge in [-0.05, 0) is 61.6 Å². The highest BCUT2D eigenvalue weighted by molar-refractivity contribution is 9.10. The smallest absolute Gasteiger partial charge is 0.0231 e. The Bertz CT molecular complexity index is 650. The Balaban J connectivity index is 1.73. The van der Waals surface area contributed by atoms with Crippen LogP contribution in [0.25, 0.3) is 0 Å². The van der Waals surface area contributed by atoms with Crippen LogP contribution in [0.1, 0.15) is 29.5 Å². The second kappa shape index (κ2) is 6.55. The van der Waals surface area contributed by atoms with Gasteiger partial charge in [-0.15, -0.1) is 0 Å². The van der Waals surface area contributed by atoms with Crippen LogP contribution in [0.5, 0.6) is 0 Å². The molecule has 21 heavy (non-hydrogen) atoms. The predicted molar refractivity (Wildman–Crippen MR) is 94.0 cm³/mol. The Morgan fingerprint density at radius 1 is 1.14 bits per heavy atom. The molecule has 0 saturated heterocycles. The van der Waals surface area contributed by atoms with Crippen molar-refractivity contribution in [2.45, 2.75) is 49.1 Å². The summed E-state index contributed by atoms with van der Waals surface area (Å²) < 4.78 is 1.20. The molecule has 0 amide bonds. The summed E-state index contributed by atoms with van der Waals surface area (Å²) in [5.74, 6) is 0. The standard InChI is InChI=1S/C18H20BrNS/c1-12-3-4-13(2)18(9-12)21-16-8-5-14(17(19)10-16)11-20-15-6-7-15/h3-5,8-10,15,20H,6-7,11H2,1-2H3. The first kappa shape index (κ1) is 15.1. The minimum atomic E-state index is 0.751. The van der Waals surface area contributed by atoms with Crippen LogP contribution in [0.3, 0.4) is 0 Å². The van der Waals surface area contributed by atoms with Crippen molar-refractivity contribution in [3.05, 3.63) is 57.6 Å². The fraction of sp³-hybridized carbons (Fsp3) is 0.333. The van der Waals surface area contributed by atoms with Crippen LogP contribution in [0.15, 0.2) is 50.7 Å². The first-order chi connectivity index (χ1) is 10.1. The zero-order valence-electron chi connectivity index (χ0n) is 12.4. The van der Waals surface area contributed by atoms with Crippen LogP contribution < -0.4 is 5.32 Å². The van der Waals surface area contributed by atoms with Gasteiger partial charge in [0.05, 0.1) is 0 Å². The highest BCUT2D eigenvalue weighted by Gasteiger charge is 2.20. The van der Waals surface area contributed by atoms with Crippen LogP contribution in [-0.4, -0.2) is 6.04 Å². The molecule has 0 unspecified atom stereocenters. The second-order valence-electron chi connectivity index (χ2n) is 5.78. The van der Waals surface area contributed by atoms with Crippen LogP contribution >= 0.6 is 27.7 Å². The lowest BCUT2D eigenvalue weighted by Gasteiger charge is -2.10. The highest BCUT2D eigenvalue weighted by atomic mass is 79.9. The minimum Gasteiger partial charge on any atom is -0.310 e. The lowest BCUT2D eigenvalue weighted by Crippen LogP contribution is -2.15. The average Bonchev–Trinajstić information content (AvgIpc) is 3.26. The van der Waals surface area contributed by atoms with E-state index < -0.39 is 0 Å². The fourth-order valence-electron chi connectivity index (χ4n) is 2.22. The molecular weight excluding hydrogens is 342 g/mol. The van der Waals surface area contributed by atoms with Gasteiger partial charge in [-0.2, -0.15) is 0 Å². The number of halogens is 1. The maximum atomic E-state index is 3.71. The molecule has 0 spiro atoms. The average molecular weight is 362 g/mol. The van der Waals surface area contributed by atoms with E-state index in [1.807, 2.05) is 11.8 Å². The Hall–Kier alpha value is -0.770. The van der Waals surface area contributed by atoms with E-state index in [0.29, 0.717) is 0 Å². The van der Waals surface area contributed by atoms with Gasteiger partial charge < -0.3 is 5.32 Å². The van der Waals surface area contributed by atoms with Gasteiger partial charge in [0.25, 0.3) is 0 Å². The lowest BCUT2D eigenvalue weighted by atomic mass is 10.2. The van der Waals surface area contributed by atoms with E-state index >= 15 is 0 Å². The number of hydrogen-bond donors (Lipinski definition) is 1. The molecule has 0 radical (unpaired) electrons. The van der Waals surface area contributed by atoms with E-state index in [1.165, 1.54) is 43.8 Å². The van der Waals surface area contributed by atoms with Crippen molar-refractivity contribution in [1.29, 1.82) is 0 Å². The third-order valence-corrected chi connectivity index (χ3v) is 5.64. The zero-order chi connectivity index (χ0) is 14.8. The molecule has 0 atom stereocenters. The van der Waals surface area contributed by atoms with Crippen molar-refractivity contribution in [3.8, 4) is 0 Å². The molecule has 1 aliphatic carbocycles. The molecule has 1 aliphatic rings. The molecule has 1 fully saturated rings.